The van der Waals surface area contributed by atoms with E-state index in [0.717, 1.165) is 45.6 Å². The predicted octanol–water partition coefficient (Wildman–Crippen LogP) is 3.11. The van der Waals surface area contributed by atoms with Gasteiger partial charge in [-0.25, -0.2) is 0 Å². The van der Waals surface area contributed by atoms with Crippen molar-refractivity contribution in [2.75, 3.05) is 40.3 Å². The molecule has 0 aromatic heterocycles. The van der Waals surface area contributed by atoms with Crippen molar-refractivity contribution in [2.45, 2.75) is 57.5 Å². The molecule has 1 aromatic rings. The highest BCUT2D eigenvalue weighted by Gasteiger charge is 2.41. The molecule has 1 atom stereocenters. The first-order chi connectivity index (χ1) is 12.2. The third-order valence-corrected chi connectivity index (χ3v) is 6.45. The molecule has 144 valence electrons. The third-order valence-electron chi connectivity index (χ3n) is 6.45. The van der Waals surface area contributed by atoms with E-state index in [-0.39, 0.29) is 11.0 Å². The molecule has 26 heavy (non-hydrogen) atoms. The number of amides is 1. The fourth-order valence-corrected chi connectivity index (χ4v) is 4.34. The number of carbonyl (C=O) groups excluding carboxylic acids is 1. The molecule has 0 N–H and O–H groups in total. The molecule has 4 heteroatoms. The van der Waals surface area contributed by atoms with Crippen LogP contribution in [-0.2, 0) is 16.8 Å². The van der Waals surface area contributed by atoms with Gasteiger partial charge in [-0.15, -0.1) is 0 Å². The van der Waals surface area contributed by atoms with Gasteiger partial charge in [0.1, 0.15) is 0 Å². The second-order valence-corrected chi connectivity index (χ2v) is 9.37. The van der Waals surface area contributed by atoms with Crippen LogP contribution in [0.3, 0.4) is 0 Å². The van der Waals surface area contributed by atoms with E-state index in [0.29, 0.717) is 12.3 Å². The molecular formula is C22H35N3O. The van der Waals surface area contributed by atoms with Crippen molar-refractivity contribution in [2.24, 2.45) is 0 Å². The quantitative estimate of drug-likeness (QED) is 0.814. The van der Waals surface area contributed by atoms with E-state index in [4.69, 9.17) is 0 Å². The Kier molecular flexibility index (Phi) is 5.45. The van der Waals surface area contributed by atoms with E-state index in [1.165, 1.54) is 11.1 Å². The lowest BCUT2D eigenvalue weighted by Gasteiger charge is -2.49. The molecule has 2 fully saturated rings. The molecule has 1 amide bonds. The SMILES string of the molecule is CN1CC[C@]2(CCC1=O)CN(Cc1ccc(C(C)(C)C)cc1)CCN2C. The number of hydrogen-bond donors (Lipinski definition) is 0. The molecule has 2 saturated heterocycles. The average Bonchev–Trinajstić information content (AvgIpc) is 2.73. The van der Waals surface area contributed by atoms with E-state index >= 15 is 0 Å². The van der Waals surface area contributed by atoms with Crippen LogP contribution in [-0.4, -0.2) is 66.4 Å². The Morgan fingerprint density at radius 1 is 1.00 bits per heavy atom. The molecular weight excluding hydrogens is 322 g/mol. The highest BCUT2D eigenvalue weighted by Crippen LogP contribution is 2.32. The summed E-state index contributed by atoms with van der Waals surface area (Å²) in [5, 5.41) is 0. The van der Waals surface area contributed by atoms with Gasteiger partial charge in [0, 0.05) is 51.7 Å². The number of carbonyl (C=O) groups is 1. The van der Waals surface area contributed by atoms with Crippen molar-refractivity contribution in [3.63, 3.8) is 0 Å². The minimum atomic E-state index is 0.143. The van der Waals surface area contributed by atoms with E-state index in [1.54, 1.807) is 0 Å². The summed E-state index contributed by atoms with van der Waals surface area (Å²) in [5.41, 5.74) is 3.13. The van der Waals surface area contributed by atoms with E-state index in [1.807, 2.05) is 11.9 Å². The van der Waals surface area contributed by atoms with E-state index in [2.05, 4.69) is 61.9 Å². The summed E-state index contributed by atoms with van der Waals surface area (Å²) in [6, 6.07) is 9.13. The summed E-state index contributed by atoms with van der Waals surface area (Å²) < 4.78 is 0. The van der Waals surface area contributed by atoms with Gasteiger partial charge in [-0.2, -0.15) is 0 Å². The van der Waals surface area contributed by atoms with Crippen molar-refractivity contribution < 1.29 is 4.79 Å². The molecule has 0 bridgehead atoms. The van der Waals surface area contributed by atoms with Gasteiger partial charge in [0.05, 0.1) is 0 Å². The van der Waals surface area contributed by atoms with Crippen molar-refractivity contribution in [3.05, 3.63) is 35.4 Å². The Balaban J connectivity index is 1.69. The highest BCUT2D eigenvalue weighted by molar-refractivity contribution is 5.76. The molecule has 2 aliphatic heterocycles. The number of benzene rings is 1. The van der Waals surface area contributed by atoms with Crippen LogP contribution in [0.4, 0.5) is 0 Å². The number of likely N-dealkylation sites (N-methyl/N-ethyl adjacent to an activating group) is 1. The maximum atomic E-state index is 12.1. The smallest absolute Gasteiger partial charge is 0.222 e. The molecule has 4 nitrogen and oxygen atoms in total. The van der Waals surface area contributed by atoms with Crippen LogP contribution in [0.25, 0.3) is 0 Å². The van der Waals surface area contributed by atoms with Gasteiger partial charge >= 0.3 is 0 Å². The minimum Gasteiger partial charge on any atom is -0.346 e. The van der Waals surface area contributed by atoms with Gasteiger partial charge in [-0.05, 0) is 36.4 Å². The number of likely N-dealkylation sites (tertiary alicyclic amines) is 1. The van der Waals surface area contributed by atoms with Gasteiger partial charge in [0.25, 0.3) is 0 Å². The number of nitrogens with zero attached hydrogens (tertiary/aromatic N) is 3. The molecule has 1 aromatic carbocycles. The largest absolute Gasteiger partial charge is 0.346 e. The Labute approximate surface area is 159 Å². The molecule has 0 radical (unpaired) electrons. The van der Waals surface area contributed by atoms with Crippen LogP contribution in [0.15, 0.2) is 24.3 Å². The minimum absolute atomic E-state index is 0.143. The van der Waals surface area contributed by atoms with Crippen LogP contribution in [0.1, 0.15) is 51.2 Å². The fraction of sp³-hybridized carbons (Fsp3) is 0.682. The summed E-state index contributed by atoms with van der Waals surface area (Å²) in [4.78, 5) is 19.1. The van der Waals surface area contributed by atoms with Gasteiger partial charge < -0.3 is 4.90 Å². The topological polar surface area (TPSA) is 26.8 Å². The maximum Gasteiger partial charge on any atom is 0.222 e. The standard InChI is InChI=1S/C22H35N3O/c1-21(2,3)19-8-6-18(7-9-19)16-25-15-14-24(5)22(17-25)11-10-20(26)23(4)13-12-22/h6-9H,10-17H2,1-5H3/t22-/m1/s1. The average molecular weight is 358 g/mol. The number of piperazine rings is 1. The first kappa shape index (κ1) is 19.4. The summed E-state index contributed by atoms with van der Waals surface area (Å²) in [5.74, 6) is 0.296. The monoisotopic (exact) mass is 357 g/mol. The zero-order valence-electron chi connectivity index (χ0n) is 17.2. The van der Waals surface area contributed by atoms with Crippen molar-refractivity contribution in [1.82, 2.24) is 14.7 Å². The van der Waals surface area contributed by atoms with Crippen molar-refractivity contribution >= 4 is 5.91 Å². The lowest BCUT2D eigenvalue weighted by molar-refractivity contribution is -0.129. The van der Waals surface area contributed by atoms with Gasteiger partial charge in [0.15, 0.2) is 0 Å². The van der Waals surface area contributed by atoms with Crippen LogP contribution in [0.2, 0.25) is 0 Å². The molecule has 1 spiro atoms. The van der Waals surface area contributed by atoms with Crippen molar-refractivity contribution in [1.29, 1.82) is 0 Å². The normalized spacial score (nSPS) is 26.3. The Bertz CT molecular complexity index is 634. The van der Waals surface area contributed by atoms with Crippen LogP contribution in [0.5, 0.6) is 0 Å². The molecule has 0 aliphatic carbocycles. The molecule has 0 unspecified atom stereocenters. The first-order valence-corrected chi connectivity index (χ1v) is 9.97. The number of rotatable bonds is 2. The van der Waals surface area contributed by atoms with Crippen LogP contribution in [0, 0.1) is 0 Å². The Morgan fingerprint density at radius 2 is 1.69 bits per heavy atom. The highest BCUT2D eigenvalue weighted by atomic mass is 16.2. The summed E-state index contributed by atoms with van der Waals surface area (Å²) in [7, 11) is 4.18. The predicted molar refractivity (Wildman–Crippen MR) is 107 cm³/mol. The Hall–Kier alpha value is -1.39. The Morgan fingerprint density at radius 3 is 2.35 bits per heavy atom. The van der Waals surface area contributed by atoms with Crippen LogP contribution < -0.4 is 0 Å². The van der Waals surface area contributed by atoms with Gasteiger partial charge in [0.2, 0.25) is 5.91 Å². The zero-order chi connectivity index (χ0) is 18.9. The lowest BCUT2D eigenvalue weighted by Crippen LogP contribution is -2.60. The molecule has 0 saturated carbocycles. The fourth-order valence-electron chi connectivity index (χ4n) is 4.34. The lowest BCUT2D eigenvalue weighted by atomic mass is 9.85. The van der Waals surface area contributed by atoms with Crippen LogP contribution >= 0.6 is 0 Å². The maximum absolute atomic E-state index is 12.1. The zero-order valence-corrected chi connectivity index (χ0v) is 17.2. The molecule has 2 heterocycles. The summed E-state index contributed by atoms with van der Waals surface area (Å²) in [6.07, 6.45) is 2.73. The first-order valence-electron chi connectivity index (χ1n) is 9.97. The van der Waals surface area contributed by atoms with E-state index in [9.17, 15) is 4.79 Å². The van der Waals surface area contributed by atoms with Crippen molar-refractivity contribution in [3.8, 4) is 0 Å². The second kappa shape index (κ2) is 7.32. The molecule has 3 rings (SSSR count). The third kappa shape index (κ3) is 4.12. The summed E-state index contributed by atoms with van der Waals surface area (Å²) in [6.45, 7) is 11.9. The van der Waals surface area contributed by atoms with Gasteiger partial charge in [-0.1, -0.05) is 45.0 Å². The summed E-state index contributed by atoms with van der Waals surface area (Å²) >= 11 is 0. The van der Waals surface area contributed by atoms with Gasteiger partial charge in [-0.3, -0.25) is 14.6 Å². The van der Waals surface area contributed by atoms with E-state index < -0.39 is 0 Å². The molecule has 2 aliphatic rings. The second-order valence-electron chi connectivity index (χ2n) is 9.37. The number of hydrogen-bond acceptors (Lipinski definition) is 3.